The number of benzene rings is 1. The van der Waals surface area contributed by atoms with E-state index in [1.807, 2.05) is 0 Å². The van der Waals surface area contributed by atoms with Crippen LogP contribution in [-0.4, -0.2) is 24.4 Å². The van der Waals surface area contributed by atoms with Crippen molar-refractivity contribution in [2.75, 3.05) is 18.1 Å². The van der Waals surface area contributed by atoms with E-state index in [0.29, 0.717) is 17.9 Å². The molecular weight excluding hydrogens is 322 g/mol. The highest BCUT2D eigenvalue weighted by Gasteiger charge is 2.47. The van der Waals surface area contributed by atoms with Crippen LogP contribution in [0.3, 0.4) is 0 Å². The molecule has 0 amide bonds. The number of hydrogen-bond acceptors (Lipinski definition) is 3. The Morgan fingerprint density at radius 2 is 2.00 bits per heavy atom. The van der Waals surface area contributed by atoms with Gasteiger partial charge in [-0.05, 0) is 35.4 Å². The van der Waals surface area contributed by atoms with E-state index < -0.39 is 17.9 Å². The maximum absolute atomic E-state index is 13.7. The second kappa shape index (κ2) is 6.24. The first-order chi connectivity index (χ1) is 11.4. The average molecular weight is 337 g/mol. The fourth-order valence-corrected chi connectivity index (χ4v) is 2.97. The van der Waals surface area contributed by atoms with Crippen molar-refractivity contribution < 1.29 is 17.6 Å². The molecule has 1 unspecified atom stereocenters. The zero-order valence-electron chi connectivity index (χ0n) is 12.6. The predicted octanol–water partition coefficient (Wildman–Crippen LogP) is 4.10. The number of anilines is 2. The zero-order valence-corrected chi connectivity index (χ0v) is 12.6. The number of nitrogens with zero attached hydrogens (tertiary/aromatic N) is 2. The molecule has 24 heavy (non-hydrogen) atoms. The lowest BCUT2D eigenvalue weighted by molar-refractivity contribution is -0.141. The maximum Gasteiger partial charge on any atom is 0.399 e. The monoisotopic (exact) mass is 337 g/mol. The highest BCUT2D eigenvalue weighted by atomic mass is 19.4. The normalized spacial score (nSPS) is 16.5. The number of alkyl halides is 3. The summed E-state index contributed by atoms with van der Waals surface area (Å²) in [6.07, 6.45) is -0.162. The van der Waals surface area contributed by atoms with Crippen LogP contribution < -0.4 is 10.2 Å². The van der Waals surface area contributed by atoms with Crippen molar-refractivity contribution in [1.29, 1.82) is 0 Å². The summed E-state index contributed by atoms with van der Waals surface area (Å²) < 4.78 is 54.7. The molecule has 1 aliphatic rings. The Balaban J connectivity index is 2.17. The molecule has 0 bridgehead atoms. The minimum atomic E-state index is -4.53. The summed E-state index contributed by atoms with van der Waals surface area (Å²) in [7, 11) is 0. The van der Waals surface area contributed by atoms with Gasteiger partial charge in [0.2, 0.25) is 0 Å². The minimum Gasteiger partial charge on any atom is -0.326 e. The SMILES string of the molecule is C=CCNCN1c2ccc(F)cc2C(C(F)(F)F)c2ccncc21. The molecule has 0 radical (unpaired) electrons. The molecule has 1 atom stereocenters. The largest absolute Gasteiger partial charge is 0.399 e. The summed E-state index contributed by atoms with van der Waals surface area (Å²) >= 11 is 0. The van der Waals surface area contributed by atoms with E-state index in [0.717, 1.165) is 12.1 Å². The summed E-state index contributed by atoms with van der Waals surface area (Å²) in [4.78, 5) is 5.62. The van der Waals surface area contributed by atoms with E-state index in [4.69, 9.17) is 0 Å². The third-order valence-corrected chi connectivity index (χ3v) is 3.91. The van der Waals surface area contributed by atoms with Gasteiger partial charge in [-0.15, -0.1) is 6.58 Å². The lowest BCUT2D eigenvalue weighted by atomic mass is 9.85. The lowest BCUT2D eigenvalue weighted by Gasteiger charge is -2.38. The quantitative estimate of drug-likeness (QED) is 0.517. The zero-order chi connectivity index (χ0) is 17.3. The third kappa shape index (κ3) is 2.87. The van der Waals surface area contributed by atoms with Crippen molar-refractivity contribution in [2.24, 2.45) is 0 Å². The molecule has 1 N–H and O–H groups in total. The topological polar surface area (TPSA) is 28.2 Å². The molecule has 0 spiro atoms. The van der Waals surface area contributed by atoms with Crippen LogP contribution in [-0.2, 0) is 0 Å². The number of halogens is 4. The molecule has 3 rings (SSSR count). The van der Waals surface area contributed by atoms with E-state index in [9.17, 15) is 17.6 Å². The van der Waals surface area contributed by atoms with E-state index in [1.54, 1.807) is 11.0 Å². The van der Waals surface area contributed by atoms with Crippen molar-refractivity contribution in [2.45, 2.75) is 12.1 Å². The van der Waals surface area contributed by atoms with Crippen LogP contribution >= 0.6 is 0 Å². The van der Waals surface area contributed by atoms with Gasteiger partial charge in [-0.25, -0.2) is 4.39 Å². The first-order valence-electron chi connectivity index (χ1n) is 7.32. The maximum atomic E-state index is 13.7. The van der Waals surface area contributed by atoms with Crippen LogP contribution in [0, 0.1) is 5.82 Å². The van der Waals surface area contributed by atoms with Gasteiger partial charge in [0.25, 0.3) is 0 Å². The molecule has 1 aromatic heterocycles. The van der Waals surface area contributed by atoms with Crippen LogP contribution in [0.15, 0.2) is 49.3 Å². The molecule has 1 aliphatic heterocycles. The minimum absolute atomic E-state index is 0.0657. The van der Waals surface area contributed by atoms with Gasteiger partial charge in [-0.1, -0.05) is 6.08 Å². The van der Waals surface area contributed by atoms with Crippen molar-refractivity contribution in [3.63, 3.8) is 0 Å². The van der Waals surface area contributed by atoms with Gasteiger partial charge in [0.05, 0.1) is 18.6 Å². The van der Waals surface area contributed by atoms with Gasteiger partial charge in [-0.2, -0.15) is 13.2 Å². The number of pyridine rings is 1. The Morgan fingerprint density at radius 1 is 1.21 bits per heavy atom. The lowest BCUT2D eigenvalue weighted by Crippen LogP contribution is -2.37. The van der Waals surface area contributed by atoms with Crippen molar-refractivity contribution >= 4 is 11.4 Å². The van der Waals surface area contributed by atoms with Gasteiger partial charge in [-0.3, -0.25) is 10.3 Å². The molecule has 2 heterocycles. The predicted molar refractivity (Wildman–Crippen MR) is 83.7 cm³/mol. The van der Waals surface area contributed by atoms with Gasteiger partial charge >= 0.3 is 6.18 Å². The number of fused-ring (bicyclic) bond motifs is 2. The Morgan fingerprint density at radius 3 is 2.71 bits per heavy atom. The van der Waals surface area contributed by atoms with E-state index in [1.165, 1.54) is 24.5 Å². The molecule has 126 valence electrons. The second-order valence-corrected chi connectivity index (χ2v) is 5.44. The molecule has 0 saturated carbocycles. The molecule has 0 fully saturated rings. The average Bonchev–Trinajstić information content (AvgIpc) is 2.52. The van der Waals surface area contributed by atoms with Crippen LogP contribution in [0.1, 0.15) is 17.0 Å². The summed E-state index contributed by atoms with van der Waals surface area (Å²) in [5.41, 5.74) is 0.642. The Hall–Kier alpha value is -2.41. The van der Waals surface area contributed by atoms with E-state index in [2.05, 4.69) is 16.9 Å². The highest BCUT2D eigenvalue weighted by molar-refractivity contribution is 5.75. The molecule has 7 heteroatoms. The summed E-state index contributed by atoms with van der Waals surface area (Å²) in [5.74, 6) is -2.57. The third-order valence-electron chi connectivity index (χ3n) is 3.91. The van der Waals surface area contributed by atoms with Crippen LogP contribution in [0.2, 0.25) is 0 Å². The van der Waals surface area contributed by atoms with Gasteiger partial charge < -0.3 is 4.90 Å². The highest BCUT2D eigenvalue weighted by Crippen LogP contribution is 2.51. The van der Waals surface area contributed by atoms with Crippen LogP contribution in [0.25, 0.3) is 0 Å². The number of hydrogen-bond donors (Lipinski definition) is 1. The summed E-state index contributed by atoms with van der Waals surface area (Å²) in [6, 6.07) is 4.82. The van der Waals surface area contributed by atoms with Gasteiger partial charge in [0.1, 0.15) is 11.7 Å². The van der Waals surface area contributed by atoms with Crippen molar-refractivity contribution in [3.8, 4) is 0 Å². The number of aromatic nitrogens is 1. The standard InChI is InChI=1S/C17H15F4N3/c1-2-6-23-10-24-14-4-3-11(18)8-13(14)16(17(19,20)21)12-5-7-22-9-15(12)24/h2-5,7-9,16,23H,1,6,10H2. The Bertz CT molecular complexity index is 758. The van der Waals surface area contributed by atoms with E-state index >= 15 is 0 Å². The van der Waals surface area contributed by atoms with Crippen LogP contribution in [0.4, 0.5) is 28.9 Å². The van der Waals surface area contributed by atoms with Crippen molar-refractivity contribution in [3.05, 3.63) is 66.3 Å². The summed E-state index contributed by atoms with van der Waals surface area (Å²) in [6.45, 7) is 4.35. The van der Waals surface area contributed by atoms with Gasteiger partial charge in [0, 0.05) is 18.4 Å². The molecule has 0 saturated heterocycles. The Labute approximate surface area is 136 Å². The fraction of sp³-hybridized carbons (Fsp3) is 0.235. The molecule has 2 aromatic rings. The van der Waals surface area contributed by atoms with E-state index in [-0.39, 0.29) is 17.8 Å². The van der Waals surface area contributed by atoms with Crippen molar-refractivity contribution in [1.82, 2.24) is 10.3 Å². The number of rotatable bonds is 4. The molecule has 3 nitrogen and oxygen atoms in total. The smallest absolute Gasteiger partial charge is 0.326 e. The second-order valence-electron chi connectivity index (χ2n) is 5.44. The molecular formula is C17H15F4N3. The Kier molecular flexibility index (Phi) is 4.28. The van der Waals surface area contributed by atoms with Gasteiger partial charge in [0.15, 0.2) is 0 Å². The summed E-state index contributed by atoms with van der Waals surface area (Å²) in [5, 5.41) is 3.06. The number of nitrogens with one attached hydrogen (secondary N) is 1. The first kappa shape index (κ1) is 16.4. The molecule has 1 aromatic carbocycles. The molecule has 0 aliphatic carbocycles. The van der Waals surface area contributed by atoms with Crippen LogP contribution in [0.5, 0.6) is 0 Å². The first-order valence-corrected chi connectivity index (χ1v) is 7.32. The fourth-order valence-electron chi connectivity index (χ4n) is 2.97.